The van der Waals surface area contributed by atoms with Crippen molar-refractivity contribution in [3.63, 3.8) is 0 Å². The van der Waals surface area contributed by atoms with Crippen LogP contribution in [-0.4, -0.2) is 11.9 Å². The Morgan fingerprint density at radius 1 is 0.328 bits per heavy atom. The van der Waals surface area contributed by atoms with Crippen LogP contribution >= 0.6 is 0 Å². The molecule has 4 nitrogen and oxygen atoms in total. The minimum atomic E-state index is -0.495. The molecular formula is C54H38O4. The van der Waals surface area contributed by atoms with E-state index in [-0.39, 0.29) is 0 Å². The van der Waals surface area contributed by atoms with E-state index < -0.39 is 11.9 Å². The lowest BCUT2D eigenvalue weighted by Crippen LogP contribution is -2.11. The van der Waals surface area contributed by atoms with Crippen LogP contribution in [0.25, 0.3) is 66.1 Å². The van der Waals surface area contributed by atoms with E-state index in [1.54, 1.807) is 24.3 Å². The van der Waals surface area contributed by atoms with Crippen LogP contribution in [-0.2, 0) is 0 Å². The second kappa shape index (κ2) is 15.5. The van der Waals surface area contributed by atoms with Gasteiger partial charge in [-0.3, -0.25) is 0 Å². The molecule has 0 spiro atoms. The van der Waals surface area contributed by atoms with Gasteiger partial charge in [0.25, 0.3) is 0 Å². The SMILES string of the molecule is Cc1ccc(-c2ccc(C(=O)Oc3ccc4ccccc4c3-c3c(OC(=O)c4ccc(-c5ccc(-c6ccc(C)cc6)cc5)cc4)ccc4ccccc34)cc2)cc1. The highest BCUT2D eigenvalue weighted by molar-refractivity contribution is 6.11. The fraction of sp³-hybridized carbons (Fsp3) is 0.0370. The third-order valence-electron chi connectivity index (χ3n) is 10.7. The van der Waals surface area contributed by atoms with Crippen LogP contribution in [0.2, 0.25) is 0 Å². The van der Waals surface area contributed by atoms with E-state index in [0.717, 1.165) is 49.4 Å². The maximum Gasteiger partial charge on any atom is 0.343 e. The van der Waals surface area contributed by atoms with Gasteiger partial charge in [0.05, 0.1) is 11.1 Å². The summed E-state index contributed by atoms with van der Waals surface area (Å²) in [6.07, 6.45) is 0. The van der Waals surface area contributed by atoms with Gasteiger partial charge in [-0.1, -0.05) is 169 Å². The largest absolute Gasteiger partial charge is 0.422 e. The summed E-state index contributed by atoms with van der Waals surface area (Å²) in [6, 6.07) is 63.5. The van der Waals surface area contributed by atoms with Gasteiger partial charge in [-0.2, -0.15) is 0 Å². The van der Waals surface area contributed by atoms with Crippen molar-refractivity contribution in [3.05, 3.63) is 216 Å². The van der Waals surface area contributed by atoms with Crippen LogP contribution < -0.4 is 9.47 Å². The Balaban J connectivity index is 1.04. The van der Waals surface area contributed by atoms with Crippen molar-refractivity contribution in [1.82, 2.24) is 0 Å². The lowest BCUT2D eigenvalue weighted by Gasteiger charge is -2.19. The van der Waals surface area contributed by atoms with Crippen LogP contribution in [0.3, 0.4) is 0 Å². The van der Waals surface area contributed by atoms with Gasteiger partial charge in [-0.25, -0.2) is 9.59 Å². The van der Waals surface area contributed by atoms with Gasteiger partial charge in [0.2, 0.25) is 0 Å². The quantitative estimate of drug-likeness (QED) is 0.115. The Bertz CT molecular complexity index is 2940. The Hall–Kier alpha value is -7.56. The number of hydrogen-bond acceptors (Lipinski definition) is 4. The van der Waals surface area contributed by atoms with Gasteiger partial charge in [0.15, 0.2) is 0 Å². The van der Waals surface area contributed by atoms with E-state index in [9.17, 15) is 9.59 Å². The second-order valence-corrected chi connectivity index (χ2v) is 14.6. The first-order valence-electron chi connectivity index (χ1n) is 19.3. The molecule has 278 valence electrons. The van der Waals surface area contributed by atoms with Gasteiger partial charge >= 0.3 is 11.9 Å². The van der Waals surface area contributed by atoms with Gasteiger partial charge in [-0.15, -0.1) is 0 Å². The van der Waals surface area contributed by atoms with Crippen molar-refractivity contribution in [3.8, 4) is 56.0 Å². The first-order chi connectivity index (χ1) is 28.4. The van der Waals surface area contributed by atoms with Crippen molar-refractivity contribution in [1.29, 1.82) is 0 Å². The molecule has 0 aliphatic heterocycles. The van der Waals surface area contributed by atoms with Crippen molar-refractivity contribution < 1.29 is 19.1 Å². The molecule has 9 aromatic rings. The van der Waals surface area contributed by atoms with E-state index in [1.165, 1.54) is 16.7 Å². The summed E-state index contributed by atoms with van der Waals surface area (Å²) in [5.74, 6) is -0.269. The van der Waals surface area contributed by atoms with E-state index in [2.05, 4.69) is 86.6 Å². The zero-order valence-electron chi connectivity index (χ0n) is 32.1. The molecule has 0 bridgehead atoms. The lowest BCUT2D eigenvalue weighted by atomic mass is 9.92. The van der Waals surface area contributed by atoms with E-state index >= 15 is 0 Å². The van der Waals surface area contributed by atoms with Crippen LogP contribution in [0.15, 0.2) is 194 Å². The third kappa shape index (κ3) is 7.27. The molecule has 4 heteroatoms. The summed E-state index contributed by atoms with van der Waals surface area (Å²) in [7, 11) is 0. The number of carbonyl (C=O) groups excluding carboxylic acids is 2. The number of rotatable bonds is 8. The minimum Gasteiger partial charge on any atom is -0.422 e. The topological polar surface area (TPSA) is 52.6 Å². The molecule has 0 amide bonds. The highest BCUT2D eigenvalue weighted by Crippen LogP contribution is 2.46. The molecule has 0 fully saturated rings. The molecule has 0 N–H and O–H groups in total. The zero-order valence-corrected chi connectivity index (χ0v) is 32.1. The average Bonchev–Trinajstić information content (AvgIpc) is 3.27. The van der Waals surface area contributed by atoms with Crippen LogP contribution in [0, 0.1) is 13.8 Å². The summed E-state index contributed by atoms with van der Waals surface area (Å²) < 4.78 is 12.6. The van der Waals surface area contributed by atoms with Gasteiger partial charge in [-0.05, 0) is 105 Å². The van der Waals surface area contributed by atoms with Crippen LogP contribution in [0.4, 0.5) is 0 Å². The highest BCUT2D eigenvalue weighted by atomic mass is 16.5. The number of ether oxygens (including phenoxy) is 2. The van der Waals surface area contributed by atoms with Gasteiger partial charge < -0.3 is 9.47 Å². The molecule has 0 saturated carbocycles. The Labute approximate surface area is 337 Å². The maximum absolute atomic E-state index is 14.0. The molecule has 0 saturated heterocycles. The fourth-order valence-corrected chi connectivity index (χ4v) is 7.45. The first kappa shape index (κ1) is 36.1. The number of esters is 2. The van der Waals surface area contributed by atoms with Crippen molar-refractivity contribution in [2.24, 2.45) is 0 Å². The fourth-order valence-electron chi connectivity index (χ4n) is 7.45. The maximum atomic E-state index is 14.0. The highest BCUT2D eigenvalue weighted by Gasteiger charge is 2.23. The molecule has 0 heterocycles. The van der Waals surface area contributed by atoms with E-state index in [4.69, 9.17) is 9.47 Å². The molecule has 0 radical (unpaired) electrons. The third-order valence-corrected chi connectivity index (χ3v) is 10.7. The Morgan fingerprint density at radius 2 is 0.621 bits per heavy atom. The Kier molecular flexibility index (Phi) is 9.66. The van der Waals surface area contributed by atoms with Gasteiger partial charge in [0.1, 0.15) is 11.5 Å². The molecule has 9 aromatic carbocycles. The molecular weight excluding hydrogens is 713 g/mol. The number of hydrogen-bond donors (Lipinski definition) is 0. The lowest BCUT2D eigenvalue weighted by molar-refractivity contribution is 0.0723. The zero-order chi connectivity index (χ0) is 39.6. The van der Waals surface area contributed by atoms with Crippen molar-refractivity contribution >= 4 is 33.5 Å². The summed E-state index contributed by atoms with van der Waals surface area (Å²) in [6.45, 7) is 4.14. The summed E-state index contributed by atoms with van der Waals surface area (Å²) in [5, 5.41) is 3.61. The van der Waals surface area contributed by atoms with Crippen molar-refractivity contribution in [2.45, 2.75) is 13.8 Å². The number of fused-ring (bicyclic) bond motifs is 2. The molecule has 0 atom stereocenters. The van der Waals surface area contributed by atoms with E-state index in [0.29, 0.717) is 33.8 Å². The second-order valence-electron chi connectivity index (χ2n) is 14.6. The van der Waals surface area contributed by atoms with Crippen LogP contribution in [0.1, 0.15) is 31.8 Å². The number of carbonyl (C=O) groups is 2. The predicted molar refractivity (Wildman–Crippen MR) is 235 cm³/mol. The smallest absolute Gasteiger partial charge is 0.343 e. The molecule has 0 aromatic heterocycles. The standard InChI is InChI=1S/C54H38O4/c1-35-11-15-37(16-12-35)39-19-21-40(22-20-39)42-25-29-46(30-26-42)54(56)58-50-34-32-44-8-4-6-10-48(44)52(50)51-47-9-5-3-7-43(47)31-33-49(51)57-53(55)45-27-23-41(24-28-45)38-17-13-36(2)14-18-38/h3-34H,1-2H3. The molecule has 0 aliphatic carbocycles. The molecule has 0 unspecified atom stereocenters. The summed E-state index contributed by atoms with van der Waals surface area (Å²) in [4.78, 5) is 27.8. The molecule has 58 heavy (non-hydrogen) atoms. The van der Waals surface area contributed by atoms with Crippen LogP contribution in [0.5, 0.6) is 11.5 Å². The average molecular weight is 751 g/mol. The van der Waals surface area contributed by atoms with Crippen molar-refractivity contribution in [2.75, 3.05) is 0 Å². The number of benzene rings is 9. The minimum absolute atomic E-state index is 0.357. The summed E-state index contributed by atoms with van der Waals surface area (Å²) in [5.41, 5.74) is 11.0. The summed E-state index contributed by atoms with van der Waals surface area (Å²) >= 11 is 0. The normalized spacial score (nSPS) is 11.1. The van der Waals surface area contributed by atoms with Gasteiger partial charge in [0, 0.05) is 11.1 Å². The first-order valence-corrected chi connectivity index (χ1v) is 19.3. The predicted octanol–water partition coefficient (Wildman–Crippen LogP) is 13.7. The Morgan fingerprint density at radius 3 is 0.966 bits per heavy atom. The number of aryl methyl sites for hydroxylation is 2. The van der Waals surface area contributed by atoms with E-state index in [1.807, 2.05) is 97.1 Å². The monoisotopic (exact) mass is 750 g/mol. The molecule has 0 aliphatic rings. The molecule has 9 rings (SSSR count).